The van der Waals surface area contributed by atoms with Crippen molar-refractivity contribution < 1.29 is 36.8 Å². The van der Waals surface area contributed by atoms with Crippen molar-refractivity contribution in [1.29, 1.82) is 0 Å². The third-order valence-corrected chi connectivity index (χ3v) is 8.00. The molecule has 0 heterocycles. The van der Waals surface area contributed by atoms with E-state index in [0.29, 0.717) is 6.42 Å². The second kappa shape index (κ2) is 13.8. The molecule has 1 rings (SSSR count). The maximum atomic E-state index is 12.4. The summed E-state index contributed by atoms with van der Waals surface area (Å²) in [6.07, 6.45) is 12.8. The zero-order valence-electron chi connectivity index (χ0n) is 17.6. The van der Waals surface area contributed by atoms with Crippen molar-refractivity contribution in [2.45, 2.75) is 102 Å². The molecule has 1 aromatic carbocycles. The Labute approximate surface area is 178 Å². The molecule has 0 bridgehead atoms. The van der Waals surface area contributed by atoms with Gasteiger partial charge in [0, 0.05) is 0 Å². The molecular formula is C21H36O5STi. The summed E-state index contributed by atoms with van der Waals surface area (Å²) in [6.45, 7) is 6.27. The zero-order valence-corrected chi connectivity index (χ0v) is 20.0. The predicted octanol–water partition coefficient (Wildman–Crippen LogP) is 5.76. The van der Waals surface area contributed by atoms with Gasteiger partial charge in [-0.2, -0.15) is 0 Å². The fourth-order valence-corrected chi connectivity index (χ4v) is 5.90. The molecule has 0 aliphatic carbocycles. The molecule has 0 aliphatic heterocycles. The Morgan fingerprint density at radius 2 is 1.50 bits per heavy atom. The van der Waals surface area contributed by atoms with Gasteiger partial charge in [0.2, 0.25) is 0 Å². The first-order valence-corrected chi connectivity index (χ1v) is 14.0. The van der Waals surface area contributed by atoms with Crippen LogP contribution in [0.25, 0.3) is 0 Å². The molecule has 0 radical (unpaired) electrons. The second-order valence-electron chi connectivity index (χ2n) is 7.71. The molecule has 0 aliphatic rings. The van der Waals surface area contributed by atoms with Gasteiger partial charge in [0.25, 0.3) is 0 Å². The number of hydrogen-bond acceptors (Lipinski definition) is 4. The van der Waals surface area contributed by atoms with Crippen LogP contribution in [0.1, 0.15) is 102 Å². The van der Waals surface area contributed by atoms with Crippen molar-refractivity contribution in [1.82, 2.24) is 0 Å². The van der Waals surface area contributed by atoms with Crippen molar-refractivity contribution in [2.75, 3.05) is 0 Å². The summed E-state index contributed by atoms with van der Waals surface area (Å²) in [7, 11) is -4.20. The molecule has 0 atom stereocenters. The van der Waals surface area contributed by atoms with Gasteiger partial charge in [0.1, 0.15) is 0 Å². The Morgan fingerprint density at radius 1 is 0.964 bits per heavy atom. The van der Waals surface area contributed by atoms with Gasteiger partial charge in [-0.1, -0.05) is 26.2 Å². The van der Waals surface area contributed by atoms with Crippen LogP contribution in [0.15, 0.2) is 23.1 Å². The minimum atomic E-state index is -4.20. The Hall–Kier alpha value is -0.396. The van der Waals surface area contributed by atoms with Crippen LogP contribution in [-0.4, -0.2) is 12.1 Å². The average Bonchev–Trinajstić information content (AvgIpc) is 2.62. The molecule has 28 heavy (non-hydrogen) atoms. The fourth-order valence-electron chi connectivity index (χ4n) is 3.55. The zero-order chi connectivity index (χ0) is 21.0. The number of rotatable bonds is 15. The van der Waals surface area contributed by atoms with Crippen LogP contribution in [-0.2, 0) is 41.2 Å². The van der Waals surface area contributed by atoms with E-state index in [-0.39, 0.29) is 10.8 Å². The Bertz CT molecular complexity index is 701. The third kappa shape index (κ3) is 9.40. The van der Waals surface area contributed by atoms with E-state index < -0.39 is 28.7 Å². The van der Waals surface area contributed by atoms with Crippen molar-refractivity contribution in [2.24, 2.45) is 0 Å². The van der Waals surface area contributed by atoms with Crippen LogP contribution >= 0.6 is 0 Å². The predicted molar refractivity (Wildman–Crippen MR) is 107 cm³/mol. The molecule has 0 spiro atoms. The number of unbranched alkanes of at least 4 members (excludes halogenated alkanes) is 9. The Balaban J connectivity index is 2.63. The summed E-state index contributed by atoms with van der Waals surface area (Å²) in [5.41, 5.74) is 1.70. The van der Waals surface area contributed by atoms with E-state index in [1.54, 1.807) is 6.07 Å². The van der Waals surface area contributed by atoms with Gasteiger partial charge in [0.15, 0.2) is 0 Å². The van der Waals surface area contributed by atoms with E-state index in [4.69, 9.17) is 3.69 Å². The molecule has 0 amide bonds. The average molecular weight is 448 g/mol. The molecule has 160 valence electrons. The van der Waals surface area contributed by atoms with Crippen LogP contribution in [0.4, 0.5) is 0 Å². The molecule has 0 unspecified atom stereocenters. The molecule has 0 fully saturated rings. The van der Waals surface area contributed by atoms with E-state index in [9.17, 15) is 11.7 Å². The van der Waals surface area contributed by atoms with Crippen molar-refractivity contribution in [3.8, 4) is 0 Å². The van der Waals surface area contributed by atoms with Gasteiger partial charge >= 0.3 is 152 Å². The molecule has 0 saturated carbocycles. The van der Waals surface area contributed by atoms with E-state index in [0.717, 1.165) is 30.4 Å². The van der Waals surface area contributed by atoms with Gasteiger partial charge < -0.3 is 0 Å². The van der Waals surface area contributed by atoms with E-state index >= 15 is 0 Å². The molecular weight excluding hydrogens is 412 g/mol. The monoisotopic (exact) mass is 448 g/mol. The summed E-state index contributed by atoms with van der Waals surface area (Å²) in [6, 6.07) is 5.09. The quantitative estimate of drug-likeness (QED) is 0.272. The molecule has 0 saturated heterocycles. The second-order valence-corrected chi connectivity index (χ2v) is 10.8. The summed E-state index contributed by atoms with van der Waals surface area (Å²) in [5.74, 6) is 0.171. The number of hydrogen-bond donors (Lipinski definition) is 1. The minimum absolute atomic E-state index is 0.0459. The van der Waals surface area contributed by atoms with Gasteiger partial charge in [0.05, 0.1) is 0 Å². The van der Waals surface area contributed by atoms with E-state index in [2.05, 4.69) is 9.69 Å². The normalized spacial score (nSPS) is 11.9. The van der Waals surface area contributed by atoms with Crippen molar-refractivity contribution in [3.05, 3.63) is 29.3 Å². The molecule has 7 heteroatoms. The molecule has 1 N–H and O–H groups in total. The SMILES string of the molecule is CCCCCCCCCCCCc1c(C(C)C)cccc1S(=O)(=O)[O][Ti](=[O])[OH]. The van der Waals surface area contributed by atoms with Crippen LogP contribution in [0.3, 0.4) is 0 Å². The summed E-state index contributed by atoms with van der Waals surface area (Å²) >= 11 is -4.19. The first-order valence-electron chi connectivity index (χ1n) is 10.6. The third-order valence-electron chi connectivity index (χ3n) is 5.02. The van der Waals surface area contributed by atoms with Gasteiger partial charge in [-0.05, 0) is 0 Å². The topological polar surface area (TPSA) is 80.7 Å². The Morgan fingerprint density at radius 3 is 2.00 bits per heavy atom. The van der Waals surface area contributed by atoms with E-state index in [1.165, 1.54) is 51.0 Å². The van der Waals surface area contributed by atoms with Crippen molar-refractivity contribution >= 4 is 10.1 Å². The molecule has 1 aromatic rings. The first kappa shape index (κ1) is 25.6. The summed E-state index contributed by atoms with van der Waals surface area (Å²) in [4.78, 5) is 0.0459. The standard InChI is InChI=1S/C21H36O3S.H2O.O.Ti/c1-4-5-6-7-8-9-10-11-12-13-15-20-19(18(2)3)16-14-17-21(20)25(22,23)24;;;/h14,16-18H,4-13,15H2,1-3H3,(H,22,23,24);1H2;;/q;;;+2/p-2. The van der Waals surface area contributed by atoms with Crippen LogP contribution < -0.4 is 0 Å². The maximum absolute atomic E-state index is 12.4. The van der Waals surface area contributed by atoms with Crippen molar-refractivity contribution in [3.63, 3.8) is 0 Å². The Kier molecular flexibility index (Phi) is 12.6. The van der Waals surface area contributed by atoms with E-state index in [1.807, 2.05) is 19.9 Å². The van der Waals surface area contributed by atoms with Gasteiger partial charge in [-0.3, -0.25) is 0 Å². The van der Waals surface area contributed by atoms with Crippen LogP contribution in [0.2, 0.25) is 0 Å². The van der Waals surface area contributed by atoms with Gasteiger partial charge in [-0.25, -0.2) is 0 Å². The van der Waals surface area contributed by atoms with Gasteiger partial charge in [-0.15, -0.1) is 0 Å². The fraction of sp³-hybridized carbons (Fsp3) is 0.714. The molecule has 5 nitrogen and oxygen atoms in total. The summed E-state index contributed by atoms with van der Waals surface area (Å²) in [5, 5.41) is 0. The first-order chi connectivity index (χ1) is 13.3. The summed E-state index contributed by atoms with van der Waals surface area (Å²) < 4.78 is 49.2. The number of benzene rings is 1. The van der Waals surface area contributed by atoms with Crippen LogP contribution in [0.5, 0.6) is 0 Å². The van der Waals surface area contributed by atoms with Crippen LogP contribution in [0, 0.1) is 0 Å². The molecule has 0 aromatic heterocycles.